The zero-order chi connectivity index (χ0) is 13.0. The van der Waals surface area contributed by atoms with Crippen LogP contribution in [-0.4, -0.2) is 18.1 Å². The van der Waals surface area contributed by atoms with Gasteiger partial charge in [-0.25, -0.2) is 0 Å². The van der Waals surface area contributed by atoms with Crippen LogP contribution in [0, 0.1) is 0 Å². The molecule has 0 aliphatic heterocycles. The van der Waals surface area contributed by atoms with Crippen molar-refractivity contribution in [3.05, 3.63) is 23.2 Å². The summed E-state index contributed by atoms with van der Waals surface area (Å²) in [5, 5.41) is 3.10. The van der Waals surface area contributed by atoms with Crippen molar-refractivity contribution in [3.8, 4) is 0 Å². The molecule has 1 amide bonds. The maximum atomic E-state index is 11.8. The zero-order valence-corrected chi connectivity index (χ0v) is 10.9. The molecule has 0 aliphatic rings. The van der Waals surface area contributed by atoms with Crippen LogP contribution in [0.15, 0.2) is 18.2 Å². The van der Waals surface area contributed by atoms with E-state index in [2.05, 4.69) is 5.32 Å². The van der Waals surface area contributed by atoms with Crippen LogP contribution in [0.25, 0.3) is 0 Å². The van der Waals surface area contributed by atoms with Crippen molar-refractivity contribution >= 4 is 28.9 Å². The van der Waals surface area contributed by atoms with E-state index in [-0.39, 0.29) is 12.0 Å². The van der Waals surface area contributed by atoms with Gasteiger partial charge in [0.15, 0.2) is 0 Å². The van der Waals surface area contributed by atoms with E-state index in [1.54, 1.807) is 25.1 Å². The highest BCUT2D eigenvalue weighted by atomic mass is 35.5. The standard InChI is InChI=1S/C12H17ClN2O2/c1-7(2)17-8(3)12(16)15-11-5-4-9(14)6-10(11)13/h4-8H,14H2,1-3H3,(H,15,16). The van der Waals surface area contributed by atoms with Crippen LogP contribution < -0.4 is 11.1 Å². The summed E-state index contributed by atoms with van der Waals surface area (Å²) in [6.45, 7) is 5.44. The first-order valence-corrected chi connectivity index (χ1v) is 5.79. The third-order valence-electron chi connectivity index (χ3n) is 2.10. The van der Waals surface area contributed by atoms with Crippen LogP contribution in [0.2, 0.25) is 5.02 Å². The van der Waals surface area contributed by atoms with E-state index in [0.29, 0.717) is 16.4 Å². The molecule has 1 rings (SSSR count). The Morgan fingerprint density at radius 1 is 1.41 bits per heavy atom. The van der Waals surface area contributed by atoms with Gasteiger partial charge in [-0.15, -0.1) is 0 Å². The molecule has 0 saturated carbocycles. The van der Waals surface area contributed by atoms with Gasteiger partial charge in [0.1, 0.15) is 6.10 Å². The second kappa shape index (κ2) is 5.89. The van der Waals surface area contributed by atoms with Gasteiger partial charge in [0, 0.05) is 5.69 Å². The number of nitrogen functional groups attached to an aromatic ring is 1. The monoisotopic (exact) mass is 256 g/mol. The lowest BCUT2D eigenvalue weighted by Gasteiger charge is -2.16. The summed E-state index contributed by atoms with van der Waals surface area (Å²) in [7, 11) is 0. The fourth-order valence-electron chi connectivity index (χ4n) is 1.34. The highest BCUT2D eigenvalue weighted by molar-refractivity contribution is 6.34. The lowest BCUT2D eigenvalue weighted by atomic mass is 10.2. The van der Waals surface area contributed by atoms with E-state index >= 15 is 0 Å². The molecule has 0 aromatic heterocycles. The Hall–Kier alpha value is -1.26. The van der Waals surface area contributed by atoms with Crippen LogP contribution >= 0.6 is 11.6 Å². The van der Waals surface area contributed by atoms with Gasteiger partial charge in [-0.2, -0.15) is 0 Å². The van der Waals surface area contributed by atoms with Crippen LogP contribution in [-0.2, 0) is 9.53 Å². The number of nitrogens with one attached hydrogen (secondary N) is 1. The van der Waals surface area contributed by atoms with Gasteiger partial charge in [0.05, 0.1) is 16.8 Å². The lowest BCUT2D eigenvalue weighted by molar-refractivity contribution is -0.128. The van der Waals surface area contributed by atoms with Crippen molar-refractivity contribution in [2.45, 2.75) is 33.0 Å². The minimum Gasteiger partial charge on any atom is -0.399 e. The number of hydrogen-bond donors (Lipinski definition) is 2. The van der Waals surface area contributed by atoms with Crippen molar-refractivity contribution in [1.82, 2.24) is 0 Å². The average Bonchev–Trinajstić information content (AvgIpc) is 2.21. The molecule has 1 aromatic carbocycles. The largest absolute Gasteiger partial charge is 0.399 e. The minimum absolute atomic E-state index is 0.00219. The Bertz CT molecular complexity index is 407. The molecule has 4 nitrogen and oxygen atoms in total. The number of carbonyl (C=O) groups excluding carboxylic acids is 1. The molecule has 0 spiro atoms. The van der Waals surface area contributed by atoms with Crippen LogP contribution in [0.1, 0.15) is 20.8 Å². The molecule has 0 saturated heterocycles. The molecule has 0 heterocycles. The Kier molecular flexibility index (Phi) is 4.78. The quantitative estimate of drug-likeness (QED) is 0.814. The molecule has 0 fully saturated rings. The van der Waals surface area contributed by atoms with Gasteiger partial charge in [-0.3, -0.25) is 4.79 Å². The number of amides is 1. The Morgan fingerprint density at radius 2 is 2.06 bits per heavy atom. The molecule has 1 atom stereocenters. The SMILES string of the molecule is CC(C)OC(C)C(=O)Nc1ccc(N)cc1Cl. The molecular weight excluding hydrogens is 240 g/mol. The fraction of sp³-hybridized carbons (Fsp3) is 0.417. The van der Waals surface area contributed by atoms with Gasteiger partial charge in [-0.1, -0.05) is 11.6 Å². The first kappa shape index (κ1) is 13.8. The Balaban J connectivity index is 2.67. The molecule has 0 bridgehead atoms. The number of carbonyl (C=O) groups is 1. The minimum atomic E-state index is -0.524. The van der Waals surface area contributed by atoms with Gasteiger partial charge in [-0.05, 0) is 39.0 Å². The predicted molar refractivity (Wildman–Crippen MR) is 70.2 cm³/mol. The number of nitrogens with two attached hydrogens (primary N) is 1. The van der Waals surface area contributed by atoms with E-state index in [1.165, 1.54) is 0 Å². The van der Waals surface area contributed by atoms with Crippen molar-refractivity contribution in [2.24, 2.45) is 0 Å². The number of ether oxygens (including phenoxy) is 1. The highest BCUT2D eigenvalue weighted by Gasteiger charge is 2.15. The van der Waals surface area contributed by atoms with E-state index in [9.17, 15) is 4.79 Å². The van der Waals surface area contributed by atoms with Crippen LogP contribution in [0.3, 0.4) is 0 Å². The summed E-state index contributed by atoms with van der Waals surface area (Å²) < 4.78 is 5.37. The molecule has 5 heteroatoms. The summed E-state index contributed by atoms with van der Waals surface area (Å²) >= 11 is 5.95. The van der Waals surface area contributed by atoms with Crippen molar-refractivity contribution < 1.29 is 9.53 Å². The smallest absolute Gasteiger partial charge is 0.253 e. The van der Waals surface area contributed by atoms with E-state index in [4.69, 9.17) is 22.1 Å². The number of hydrogen-bond acceptors (Lipinski definition) is 3. The van der Waals surface area contributed by atoms with E-state index in [0.717, 1.165) is 0 Å². The van der Waals surface area contributed by atoms with E-state index in [1.807, 2.05) is 13.8 Å². The van der Waals surface area contributed by atoms with E-state index < -0.39 is 6.10 Å². The Labute approximate surface area is 106 Å². The maximum Gasteiger partial charge on any atom is 0.253 e. The second-order valence-electron chi connectivity index (χ2n) is 4.06. The molecule has 94 valence electrons. The average molecular weight is 257 g/mol. The molecule has 0 aliphatic carbocycles. The second-order valence-corrected chi connectivity index (χ2v) is 4.46. The zero-order valence-electron chi connectivity index (χ0n) is 10.2. The Morgan fingerprint density at radius 3 is 2.59 bits per heavy atom. The first-order chi connectivity index (χ1) is 7.90. The summed E-state index contributed by atoms with van der Waals surface area (Å²) in [4.78, 5) is 11.8. The number of benzene rings is 1. The molecule has 1 unspecified atom stereocenters. The number of halogens is 1. The summed E-state index contributed by atoms with van der Waals surface area (Å²) in [5.41, 5.74) is 6.65. The highest BCUT2D eigenvalue weighted by Crippen LogP contribution is 2.24. The number of anilines is 2. The predicted octanol–water partition coefficient (Wildman–Crippen LogP) is 2.67. The van der Waals surface area contributed by atoms with Gasteiger partial charge in [0.25, 0.3) is 5.91 Å². The van der Waals surface area contributed by atoms with Crippen molar-refractivity contribution in [3.63, 3.8) is 0 Å². The third kappa shape index (κ3) is 4.24. The molecule has 1 aromatic rings. The first-order valence-electron chi connectivity index (χ1n) is 5.41. The summed E-state index contributed by atoms with van der Waals surface area (Å²) in [5.74, 6) is -0.231. The topological polar surface area (TPSA) is 64.3 Å². The van der Waals surface area contributed by atoms with Gasteiger partial charge in [0.2, 0.25) is 0 Å². The third-order valence-corrected chi connectivity index (χ3v) is 2.41. The van der Waals surface area contributed by atoms with Gasteiger partial charge >= 0.3 is 0 Å². The fourth-order valence-corrected chi connectivity index (χ4v) is 1.57. The van der Waals surface area contributed by atoms with Crippen LogP contribution in [0.5, 0.6) is 0 Å². The van der Waals surface area contributed by atoms with Crippen LogP contribution in [0.4, 0.5) is 11.4 Å². The molecule has 3 N–H and O–H groups in total. The van der Waals surface area contributed by atoms with Crippen molar-refractivity contribution in [2.75, 3.05) is 11.1 Å². The number of rotatable bonds is 4. The normalized spacial score (nSPS) is 12.5. The molecule has 17 heavy (non-hydrogen) atoms. The summed E-state index contributed by atoms with van der Waals surface area (Å²) in [6.07, 6.45) is -0.527. The van der Waals surface area contributed by atoms with Gasteiger partial charge < -0.3 is 15.8 Å². The molecule has 0 radical (unpaired) electrons. The molecular formula is C12H17ClN2O2. The maximum absolute atomic E-state index is 11.8. The summed E-state index contributed by atoms with van der Waals surface area (Å²) in [6, 6.07) is 4.93. The van der Waals surface area contributed by atoms with Crippen molar-refractivity contribution in [1.29, 1.82) is 0 Å². The lowest BCUT2D eigenvalue weighted by Crippen LogP contribution is -2.30.